The highest BCUT2D eigenvalue weighted by Gasteiger charge is 2.24. The third kappa shape index (κ3) is 5.42. The van der Waals surface area contributed by atoms with Crippen molar-refractivity contribution in [3.05, 3.63) is 29.8 Å². The molecule has 0 radical (unpaired) electrons. The lowest BCUT2D eigenvalue weighted by atomic mass is 10.0. The second-order valence-corrected chi connectivity index (χ2v) is 6.31. The maximum absolute atomic E-state index is 12.3. The van der Waals surface area contributed by atoms with Crippen LogP contribution in [0.15, 0.2) is 29.2 Å². The van der Waals surface area contributed by atoms with Crippen LogP contribution in [0, 0.1) is 5.92 Å². The summed E-state index contributed by atoms with van der Waals surface area (Å²) in [7, 11) is 0. The molecule has 0 aliphatic rings. The van der Waals surface area contributed by atoms with E-state index in [0.717, 1.165) is 5.56 Å². The fourth-order valence-corrected chi connectivity index (χ4v) is 2.44. The van der Waals surface area contributed by atoms with Crippen molar-refractivity contribution in [1.82, 2.24) is 10.6 Å². The van der Waals surface area contributed by atoms with E-state index >= 15 is 0 Å². The van der Waals surface area contributed by atoms with Gasteiger partial charge in [0.2, 0.25) is 11.8 Å². The lowest BCUT2D eigenvalue weighted by Crippen LogP contribution is -2.49. The molecule has 5 heteroatoms. The Morgan fingerprint density at radius 3 is 2.05 bits per heavy atom. The Balaban J connectivity index is 2.72. The first-order valence-electron chi connectivity index (χ1n) is 7.06. The number of hydrogen-bond acceptors (Lipinski definition) is 3. The van der Waals surface area contributed by atoms with Gasteiger partial charge in [0.1, 0.15) is 6.04 Å². The van der Waals surface area contributed by atoms with E-state index in [9.17, 15) is 9.59 Å². The molecule has 1 aromatic rings. The summed E-state index contributed by atoms with van der Waals surface area (Å²) >= 11 is 1.68. The van der Waals surface area contributed by atoms with Gasteiger partial charge in [-0.25, -0.2) is 0 Å². The summed E-state index contributed by atoms with van der Waals surface area (Å²) in [6.07, 6.45) is 2.03. The first kappa shape index (κ1) is 17.6. The predicted octanol–water partition coefficient (Wildman–Crippen LogP) is 2.75. The van der Waals surface area contributed by atoms with Crippen LogP contribution in [-0.4, -0.2) is 24.1 Å². The number of benzene rings is 1. The van der Waals surface area contributed by atoms with Crippen LogP contribution in [-0.2, 0) is 9.59 Å². The number of thioether (sulfide) groups is 1. The van der Waals surface area contributed by atoms with Gasteiger partial charge in [0.15, 0.2) is 0 Å². The molecule has 0 saturated carbocycles. The fourth-order valence-electron chi connectivity index (χ4n) is 2.03. The van der Waals surface area contributed by atoms with Crippen molar-refractivity contribution in [1.29, 1.82) is 0 Å². The highest BCUT2D eigenvalue weighted by atomic mass is 32.2. The molecule has 0 fully saturated rings. The molecule has 2 atom stereocenters. The zero-order chi connectivity index (χ0) is 16.0. The quantitative estimate of drug-likeness (QED) is 0.795. The van der Waals surface area contributed by atoms with Gasteiger partial charge in [-0.1, -0.05) is 26.0 Å². The number of carbonyl (C=O) groups is 2. The molecule has 0 unspecified atom stereocenters. The topological polar surface area (TPSA) is 58.2 Å². The summed E-state index contributed by atoms with van der Waals surface area (Å²) in [6, 6.07) is 7.50. The second-order valence-electron chi connectivity index (χ2n) is 5.43. The summed E-state index contributed by atoms with van der Waals surface area (Å²) in [5.41, 5.74) is 1.05. The maximum Gasteiger partial charge on any atom is 0.243 e. The summed E-state index contributed by atoms with van der Waals surface area (Å²) < 4.78 is 0. The molecule has 0 aliphatic carbocycles. The summed E-state index contributed by atoms with van der Waals surface area (Å²) in [5.74, 6) is -0.303. The Kier molecular flexibility index (Phi) is 6.75. The van der Waals surface area contributed by atoms with E-state index in [1.807, 2.05) is 51.3 Å². The Labute approximate surface area is 131 Å². The Morgan fingerprint density at radius 2 is 1.62 bits per heavy atom. The molecule has 2 N–H and O–H groups in total. The molecule has 0 saturated heterocycles. The van der Waals surface area contributed by atoms with Crippen molar-refractivity contribution in [3.63, 3.8) is 0 Å². The van der Waals surface area contributed by atoms with Crippen LogP contribution in [0.1, 0.15) is 39.3 Å². The van der Waals surface area contributed by atoms with Crippen molar-refractivity contribution >= 4 is 23.6 Å². The normalized spacial score (nSPS) is 13.6. The van der Waals surface area contributed by atoms with Gasteiger partial charge in [-0.15, -0.1) is 11.8 Å². The summed E-state index contributed by atoms with van der Waals surface area (Å²) in [6.45, 7) is 7.20. The molecule has 0 spiro atoms. The van der Waals surface area contributed by atoms with Crippen LogP contribution < -0.4 is 10.6 Å². The predicted molar refractivity (Wildman–Crippen MR) is 87.2 cm³/mol. The lowest BCUT2D eigenvalue weighted by Gasteiger charge is -2.23. The van der Waals surface area contributed by atoms with Crippen molar-refractivity contribution < 1.29 is 9.59 Å². The van der Waals surface area contributed by atoms with Crippen LogP contribution >= 0.6 is 11.8 Å². The Hall–Kier alpha value is -1.49. The molecule has 2 amide bonds. The Bertz CT molecular complexity index is 486. The SMILES string of the molecule is CSc1ccc([C@@H](C)NC(=O)[C@@H](NC(C)=O)C(C)C)cc1. The average molecular weight is 308 g/mol. The molecule has 21 heavy (non-hydrogen) atoms. The van der Waals surface area contributed by atoms with Crippen molar-refractivity contribution in [2.75, 3.05) is 6.26 Å². The molecule has 0 heterocycles. The number of hydrogen-bond donors (Lipinski definition) is 2. The molecule has 0 bridgehead atoms. The monoisotopic (exact) mass is 308 g/mol. The lowest BCUT2D eigenvalue weighted by molar-refractivity contribution is -0.129. The minimum Gasteiger partial charge on any atom is -0.348 e. The highest BCUT2D eigenvalue weighted by molar-refractivity contribution is 7.98. The molecular weight excluding hydrogens is 284 g/mol. The summed E-state index contributed by atoms with van der Waals surface area (Å²) in [4.78, 5) is 24.7. The van der Waals surface area contributed by atoms with Crippen LogP contribution in [0.3, 0.4) is 0 Å². The minimum atomic E-state index is -0.504. The minimum absolute atomic E-state index is 0.0416. The molecule has 0 aliphatic heterocycles. The molecular formula is C16H24N2O2S. The van der Waals surface area contributed by atoms with E-state index in [1.165, 1.54) is 11.8 Å². The van der Waals surface area contributed by atoms with Crippen LogP contribution in [0.4, 0.5) is 0 Å². The average Bonchev–Trinajstić information content (AvgIpc) is 2.44. The van der Waals surface area contributed by atoms with E-state index in [0.29, 0.717) is 0 Å². The molecule has 1 aromatic carbocycles. The number of nitrogens with one attached hydrogen (secondary N) is 2. The summed E-state index contributed by atoms with van der Waals surface area (Å²) in [5, 5.41) is 5.66. The zero-order valence-corrected chi connectivity index (χ0v) is 14.1. The first-order valence-corrected chi connectivity index (χ1v) is 8.29. The van der Waals surface area contributed by atoms with E-state index in [2.05, 4.69) is 10.6 Å². The smallest absolute Gasteiger partial charge is 0.243 e. The Morgan fingerprint density at radius 1 is 1.05 bits per heavy atom. The van der Waals surface area contributed by atoms with Crippen LogP contribution in [0.25, 0.3) is 0 Å². The van der Waals surface area contributed by atoms with E-state index in [-0.39, 0.29) is 23.8 Å². The second kappa shape index (κ2) is 8.08. The first-order chi connectivity index (χ1) is 9.85. The van der Waals surface area contributed by atoms with Gasteiger partial charge in [-0.2, -0.15) is 0 Å². The molecule has 1 rings (SSSR count). The van der Waals surface area contributed by atoms with Gasteiger partial charge in [0.25, 0.3) is 0 Å². The molecule has 0 aromatic heterocycles. The van der Waals surface area contributed by atoms with Crippen LogP contribution in [0.5, 0.6) is 0 Å². The third-order valence-corrected chi connectivity index (χ3v) is 4.03. The van der Waals surface area contributed by atoms with Gasteiger partial charge in [0.05, 0.1) is 6.04 Å². The fraction of sp³-hybridized carbons (Fsp3) is 0.500. The van der Waals surface area contributed by atoms with Crippen molar-refractivity contribution in [3.8, 4) is 0 Å². The zero-order valence-electron chi connectivity index (χ0n) is 13.3. The third-order valence-electron chi connectivity index (χ3n) is 3.28. The molecule has 4 nitrogen and oxygen atoms in total. The van der Waals surface area contributed by atoms with E-state index in [1.54, 1.807) is 11.8 Å². The standard InChI is InChI=1S/C16H24N2O2S/c1-10(2)15(18-12(4)19)16(20)17-11(3)13-6-8-14(21-5)9-7-13/h6-11,15H,1-5H3,(H,17,20)(H,18,19)/t11-,15+/m1/s1. The van der Waals surface area contributed by atoms with Gasteiger partial charge < -0.3 is 10.6 Å². The van der Waals surface area contributed by atoms with Gasteiger partial charge in [-0.05, 0) is 36.8 Å². The van der Waals surface area contributed by atoms with E-state index < -0.39 is 6.04 Å². The highest BCUT2D eigenvalue weighted by Crippen LogP contribution is 2.19. The van der Waals surface area contributed by atoms with E-state index in [4.69, 9.17) is 0 Å². The van der Waals surface area contributed by atoms with Crippen molar-refractivity contribution in [2.24, 2.45) is 5.92 Å². The molecule has 116 valence electrons. The number of rotatable bonds is 6. The van der Waals surface area contributed by atoms with Crippen LogP contribution in [0.2, 0.25) is 0 Å². The largest absolute Gasteiger partial charge is 0.348 e. The van der Waals surface area contributed by atoms with Gasteiger partial charge >= 0.3 is 0 Å². The maximum atomic E-state index is 12.3. The number of carbonyl (C=O) groups excluding carboxylic acids is 2. The van der Waals surface area contributed by atoms with Gasteiger partial charge in [-0.3, -0.25) is 9.59 Å². The van der Waals surface area contributed by atoms with Crippen molar-refractivity contribution in [2.45, 2.75) is 44.7 Å². The van der Waals surface area contributed by atoms with Gasteiger partial charge in [0, 0.05) is 11.8 Å². The number of amides is 2.